The lowest BCUT2D eigenvalue weighted by molar-refractivity contribution is -0.139. The molecule has 1 aromatic carbocycles. The number of rotatable bonds is 3. The van der Waals surface area contributed by atoms with Gasteiger partial charge in [0.25, 0.3) is 5.91 Å². The first-order chi connectivity index (χ1) is 15.2. The van der Waals surface area contributed by atoms with Crippen molar-refractivity contribution in [2.45, 2.75) is 50.7 Å². The van der Waals surface area contributed by atoms with Crippen molar-refractivity contribution in [3.63, 3.8) is 0 Å². The molecule has 4 rings (SSSR count). The van der Waals surface area contributed by atoms with Gasteiger partial charge in [-0.3, -0.25) is 19.3 Å². The minimum Gasteiger partial charge on any atom is -0.490 e. The molecule has 32 heavy (non-hydrogen) atoms. The molecule has 0 bridgehead atoms. The second-order valence-corrected chi connectivity index (χ2v) is 9.78. The summed E-state index contributed by atoms with van der Waals surface area (Å²) in [4.78, 5) is 45.0. The number of benzene rings is 1. The summed E-state index contributed by atoms with van der Waals surface area (Å²) in [5.74, 6) is -0.222. The van der Waals surface area contributed by atoms with E-state index in [2.05, 4.69) is 19.2 Å². The zero-order chi connectivity index (χ0) is 23.0. The van der Waals surface area contributed by atoms with Crippen LogP contribution in [0.2, 0.25) is 0 Å². The summed E-state index contributed by atoms with van der Waals surface area (Å²) in [5, 5.41) is 3.12. The van der Waals surface area contributed by atoms with E-state index in [1.54, 1.807) is 37.2 Å². The summed E-state index contributed by atoms with van der Waals surface area (Å²) < 4.78 is 6.04. The number of hydrogen-bond acceptors (Lipinski definition) is 5. The Kier molecular flexibility index (Phi) is 6.16. The standard InChI is InChI=1S/C24H34N4O4/c1-16-8-7-9-17(2)28(16)21(29)13-27-12-19(23(31)26(3)4)24(14-27)15-32-20-11-6-5-10-18(20)22(30)25-24/h5-6,10-11,16-17,19H,7-9,12-15H2,1-4H3,(H,25,30)/t16?,17?,19-,24-/m1/s1. The third-order valence-electron chi connectivity index (χ3n) is 7.17. The van der Waals surface area contributed by atoms with Gasteiger partial charge in [-0.15, -0.1) is 0 Å². The normalized spacial score (nSPS) is 30.3. The molecule has 2 unspecified atom stereocenters. The zero-order valence-electron chi connectivity index (χ0n) is 19.5. The molecule has 2 saturated heterocycles. The predicted molar refractivity (Wildman–Crippen MR) is 120 cm³/mol. The predicted octanol–water partition coefficient (Wildman–Crippen LogP) is 1.36. The number of piperidine rings is 1. The van der Waals surface area contributed by atoms with Gasteiger partial charge in [0.2, 0.25) is 11.8 Å². The van der Waals surface area contributed by atoms with Crippen LogP contribution in [-0.4, -0.2) is 90.4 Å². The van der Waals surface area contributed by atoms with E-state index in [0.717, 1.165) is 19.3 Å². The van der Waals surface area contributed by atoms with Crippen LogP contribution in [0.3, 0.4) is 0 Å². The minimum absolute atomic E-state index is 0.0745. The fourth-order valence-electron chi connectivity index (χ4n) is 5.53. The van der Waals surface area contributed by atoms with Crippen LogP contribution in [0, 0.1) is 5.92 Å². The minimum atomic E-state index is -0.892. The van der Waals surface area contributed by atoms with Gasteiger partial charge < -0.3 is 19.9 Å². The number of hydrogen-bond donors (Lipinski definition) is 1. The Morgan fingerprint density at radius 2 is 1.88 bits per heavy atom. The van der Waals surface area contributed by atoms with E-state index < -0.39 is 11.5 Å². The maximum Gasteiger partial charge on any atom is 0.255 e. The molecule has 3 aliphatic rings. The number of likely N-dealkylation sites (tertiary alicyclic amines) is 2. The lowest BCUT2D eigenvalue weighted by Gasteiger charge is -2.40. The first kappa shape index (κ1) is 22.6. The van der Waals surface area contributed by atoms with E-state index >= 15 is 0 Å². The van der Waals surface area contributed by atoms with E-state index in [-0.39, 0.29) is 43.0 Å². The van der Waals surface area contributed by atoms with Crippen molar-refractivity contribution < 1.29 is 19.1 Å². The van der Waals surface area contributed by atoms with Gasteiger partial charge in [0.05, 0.1) is 23.6 Å². The Bertz CT molecular complexity index is 894. The third kappa shape index (κ3) is 4.08. The molecule has 2 fully saturated rings. The molecular weight excluding hydrogens is 408 g/mol. The smallest absolute Gasteiger partial charge is 0.255 e. The summed E-state index contributed by atoms with van der Waals surface area (Å²) in [6, 6.07) is 7.55. The van der Waals surface area contributed by atoms with Gasteiger partial charge in [-0.1, -0.05) is 12.1 Å². The molecule has 3 aliphatic heterocycles. The molecular formula is C24H34N4O4. The molecule has 3 heterocycles. The van der Waals surface area contributed by atoms with Crippen LogP contribution in [-0.2, 0) is 9.59 Å². The molecule has 174 valence electrons. The van der Waals surface area contributed by atoms with Crippen LogP contribution in [0.15, 0.2) is 24.3 Å². The van der Waals surface area contributed by atoms with E-state index in [9.17, 15) is 14.4 Å². The van der Waals surface area contributed by atoms with Crippen molar-refractivity contribution >= 4 is 17.7 Å². The lowest BCUT2D eigenvalue weighted by Crippen LogP contribution is -2.60. The Morgan fingerprint density at radius 3 is 2.56 bits per heavy atom. The topological polar surface area (TPSA) is 82.2 Å². The fraction of sp³-hybridized carbons (Fsp3) is 0.625. The Balaban J connectivity index is 1.57. The third-order valence-corrected chi connectivity index (χ3v) is 7.17. The quantitative estimate of drug-likeness (QED) is 0.764. The van der Waals surface area contributed by atoms with Gasteiger partial charge in [-0.05, 0) is 45.2 Å². The number of nitrogens with zero attached hydrogens (tertiary/aromatic N) is 3. The van der Waals surface area contributed by atoms with Gasteiger partial charge in [-0.2, -0.15) is 0 Å². The molecule has 3 amide bonds. The molecule has 8 nitrogen and oxygen atoms in total. The Hall–Kier alpha value is -2.61. The molecule has 1 N–H and O–H groups in total. The molecule has 8 heteroatoms. The summed E-state index contributed by atoms with van der Waals surface area (Å²) in [5.41, 5.74) is -0.428. The highest BCUT2D eigenvalue weighted by Gasteiger charge is 2.54. The van der Waals surface area contributed by atoms with E-state index in [4.69, 9.17) is 4.74 Å². The van der Waals surface area contributed by atoms with Crippen LogP contribution >= 0.6 is 0 Å². The molecule has 1 aromatic rings. The number of amides is 3. The molecule has 0 radical (unpaired) electrons. The first-order valence-electron chi connectivity index (χ1n) is 11.5. The van der Waals surface area contributed by atoms with Crippen molar-refractivity contribution in [2.24, 2.45) is 5.92 Å². The SMILES string of the molecule is CC1CCCC(C)N1C(=O)CN1C[C@H](C(=O)N(C)C)[C@]2(COc3ccccc3C(=O)N2)C1. The Labute approximate surface area is 189 Å². The molecule has 1 spiro atoms. The van der Waals surface area contributed by atoms with Crippen molar-refractivity contribution in [2.75, 3.05) is 40.3 Å². The largest absolute Gasteiger partial charge is 0.490 e. The second kappa shape index (κ2) is 8.73. The van der Waals surface area contributed by atoms with Crippen LogP contribution in [0.25, 0.3) is 0 Å². The molecule has 0 aromatic heterocycles. The summed E-state index contributed by atoms with van der Waals surface area (Å²) >= 11 is 0. The van der Waals surface area contributed by atoms with Gasteiger partial charge in [-0.25, -0.2) is 0 Å². The van der Waals surface area contributed by atoms with Crippen LogP contribution in [0.5, 0.6) is 5.75 Å². The number of ether oxygens (including phenoxy) is 1. The van der Waals surface area contributed by atoms with Crippen LogP contribution in [0.4, 0.5) is 0 Å². The highest BCUT2D eigenvalue weighted by atomic mass is 16.5. The van der Waals surface area contributed by atoms with Gasteiger partial charge >= 0.3 is 0 Å². The first-order valence-corrected chi connectivity index (χ1v) is 11.5. The molecule has 0 aliphatic carbocycles. The highest BCUT2D eigenvalue weighted by Crippen LogP contribution is 2.34. The number of carbonyl (C=O) groups excluding carboxylic acids is 3. The van der Waals surface area contributed by atoms with Crippen molar-refractivity contribution in [3.05, 3.63) is 29.8 Å². The van der Waals surface area contributed by atoms with E-state index in [0.29, 0.717) is 24.4 Å². The van der Waals surface area contributed by atoms with Gasteiger partial charge in [0, 0.05) is 39.3 Å². The summed E-state index contributed by atoms with van der Waals surface area (Å²) in [6.07, 6.45) is 3.18. The average Bonchev–Trinajstić information content (AvgIpc) is 3.01. The highest BCUT2D eigenvalue weighted by molar-refractivity contribution is 5.98. The average molecular weight is 443 g/mol. The number of nitrogens with one attached hydrogen (secondary N) is 1. The van der Waals surface area contributed by atoms with Crippen LogP contribution in [0.1, 0.15) is 43.5 Å². The number of carbonyl (C=O) groups is 3. The van der Waals surface area contributed by atoms with Gasteiger partial charge in [0.1, 0.15) is 12.4 Å². The van der Waals surface area contributed by atoms with Crippen molar-refractivity contribution in [1.82, 2.24) is 20.0 Å². The van der Waals surface area contributed by atoms with Crippen molar-refractivity contribution in [3.8, 4) is 5.75 Å². The van der Waals surface area contributed by atoms with Gasteiger partial charge in [0.15, 0.2) is 0 Å². The monoisotopic (exact) mass is 442 g/mol. The van der Waals surface area contributed by atoms with E-state index in [1.165, 1.54) is 0 Å². The maximum atomic E-state index is 13.2. The zero-order valence-corrected chi connectivity index (χ0v) is 19.5. The molecule has 0 saturated carbocycles. The summed E-state index contributed by atoms with van der Waals surface area (Å²) in [7, 11) is 3.43. The van der Waals surface area contributed by atoms with Crippen molar-refractivity contribution in [1.29, 1.82) is 0 Å². The lowest BCUT2D eigenvalue weighted by atomic mass is 9.86. The van der Waals surface area contributed by atoms with Crippen LogP contribution < -0.4 is 10.1 Å². The number of para-hydroxylation sites is 1. The molecule has 4 atom stereocenters. The number of fused-ring (bicyclic) bond motifs is 1. The maximum absolute atomic E-state index is 13.2. The Morgan fingerprint density at radius 1 is 1.19 bits per heavy atom. The fourth-order valence-corrected chi connectivity index (χ4v) is 5.53. The summed E-state index contributed by atoms with van der Waals surface area (Å²) in [6.45, 7) is 5.41. The second-order valence-electron chi connectivity index (χ2n) is 9.78. The van der Waals surface area contributed by atoms with E-state index in [1.807, 2.05) is 15.9 Å².